The molecule has 8 heteroatoms. The summed E-state index contributed by atoms with van der Waals surface area (Å²) in [5.41, 5.74) is 0.979. The van der Waals surface area contributed by atoms with Crippen molar-refractivity contribution in [3.05, 3.63) is 29.8 Å². The van der Waals surface area contributed by atoms with Gasteiger partial charge in [-0.2, -0.15) is 4.72 Å². The van der Waals surface area contributed by atoms with Crippen molar-refractivity contribution in [2.75, 3.05) is 20.1 Å². The van der Waals surface area contributed by atoms with Crippen LogP contribution in [0, 0.1) is 12.8 Å². The normalized spacial score (nSPS) is 12.5. The Morgan fingerprint density at radius 2 is 1.71 bits per heavy atom. The molecule has 0 bridgehead atoms. The summed E-state index contributed by atoms with van der Waals surface area (Å²) in [4.78, 5) is 12.4. The van der Waals surface area contributed by atoms with Crippen LogP contribution in [0.4, 0.5) is 0 Å². The van der Waals surface area contributed by atoms with Crippen molar-refractivity contribution >= 4 is 28.3 Å². The average Bonchev–Trinajstić information content (AvgIpc) is 2.46. The highest BCUT2D eigenvalue weighted by Gasteiger charge is 2.26. The molecular formula is C16H28ClN3O3S. The lowest BCUT2D eigenvalue weighted by Crippen LogP contribution is -2.48. The molecular weight excluding hydrogens is 350 g/mol. The fourth-order valence-corrected chi connectivity index (χ4v) is 3.30. The quantitative estimate of drug-likeness (QED) is 0.568. The molecule has 1 aromatic carbocycles. The molecule has 0 saturated carbocycles. The zero-order valence-electron chi connectivity index (χ0n) is 14.6. The van der Waals surface area contributed by atoms with Gasteiger partial charge in [-0.25, -0.2) is 8.42 Å². The zero-order chi connectivity index (χ0) is 17.5. The maximum Gasteiger partial charge on any atom is 0.241 e. The Kier molecular flexibility index (Phi) is 10.1. The van der Waals surface area contributed by atoms with Crippen molar-refractivity contribution in [3.63, 3.8) is 0 Å². The first-order chi connectivity index (χ1) is 10.8. The van der Waals surface area contributed by atoms with Crippen LogP contribution in [-0.2, 0) is 14.8 Å². The molecule has 0 radical (unpaired) electrons. The van der Waals surface area contributed by atoms with Gasteiger partial charge in [0.05, 0.1) is 4.90 Å². The Labute approximate surface area is 151 Å². The van der Waals surface area contributed by atoms with Crippen LogP contribution in [0.25, 0.3) is 0 Å². The van der Waals surface area contributed by atoms with Crippen LogP contribution in [0.15, 0.2) is 29.2 Å². The van der Waals surface area contributed by atoms with Gasteiger partial charge in [0.15, 0.2) is 0 Å². The van der Waals surface area contributed by atoms with E-state index >= 15 is 0 Å². The summed E-state index contributed by atoms with van der Waals surface area (Å²) in [5, 5.41) is 5.67. The maximum absolute atomic E-state index is 12.5. The SMILES string of the molecule is CNCCNC(=O)C(CC(C)C)NS(=O)(=O)c1ccc(C)cc1.Cl. The van der Waals surface area contributed by atoms with Crippen molar-refractivity contribution in [3.8, 4) is 0 Å². The Morgan fingerprint density at radius 3 is 2.21 bits per heavy atom. The second-order valence-electron chi connectivity index (χ2n) is 6.01. The van der Waals surface area contributed by atoms with Gasteiger partial charge in [0.25, 0.3) is 0 Å². The highest BCUT2D eigenvalue weighted by molar-refractivity contribution is 7.89. The third-order valence-electron chi connectivity index (χ3n) is 3.33. The van der Waals surface area contributed by atoms with Gasteiger partial charge in [0.2, 0.25) is 15.9 Å². The molecule has 1 aromatic rings. The standard InChI is InChI=1S/C16H27N3O3S.ClH/c1-12(2)11-15(16(20)18-10-9-17-4)19-23(21,22)14-7-5-13(3)6-8-14;/h5-8,12,15,17,19H,9-11H2,1-4H3,(H,18,20);1H. The average molecular weight is 378 g/mol. The Hall–Kier alpha value is -1.15. The van der Waals surface area contributed by atoms with E-state index in [1.165, 1.54) is 0 Å². The van der Waals surface area contributed by atoms with E-state index < -0.39 is 16.1 Å². The summed E-state index contributed by atoms with van der Waals surface area (Å²) in [5.74, 6) is -0.111. The van der Waals surface area contributed by atoms with E-state index in [0.29, 0.717) is 19.5 Å². The largest absolute Gasteiger partial charge is 0.353 e. The van der Waals surface area contributed by atoms with E-state index in [9.17, 15) is 13.2 Å². The first-order valence-corrected chi connectivity index (χ1v) is 9.26. The molecule has 1 amide bonds. The Balaban J connectivity index is 0.00000529. The topological polar surface area (TPSA) is 87.3 Å². The first-order valence-electron chi connectivity index (χ1n) is 7.77. The van der Waals surface area contributed by atoms with Gasteiger partial charge < -0.3 is 10.6 Å². The highest BCUT2D eigenvalue weighted by Crippen LogP contribution is 2.13. The van der Waals surface area contributed by atoms with Crippen LogP contribution >= 0.6 is 12.4 Å². The lowest BCUT2D eigenvalue weighted by molar-refractivity contribution is -0.123. The van der Waals surface area contributed by atoms with Crippen molar-refractivity contribution in [1.82, 2.24) is 15.4 Å². The number of aryl methyl sites for hydroxylation is 1. The Bertz CT molecular complexity index is 603. The molecule has 0 aromatic heterocycles. The summed E-state index contributed by atoms with van der Waals surface area (Å²) < 4.78 is 27.5. The molecule has 138 valence electrons. The van der Waals surface area contributed by atoms with Crippen LogP contribution in [0.1, 0.15) is 25.8 Å². The van der Waals surface area contributed by atoms with Crippen LogP contribution in [0.2, 0.25) is 0 Å². The summed E-state index contributed by atoms with van der Waals surface area (Å²) >= 11 is 0. The van der Waals surface area contributed by atoms with E-state index in [4.69, 9.17) is 0 Å². The number of halogens is 1. The van der Waals surface area contributed by atoms with Gasteiger partial charge >= 0.3 is 0 Å². The molecule has 0 aliphatic carbocycles. The number of carbonyl (C=O) groups is 1. The molecule has 0 heterocycles. The number of hydrogen-bond acceptors (Lipinski definition) is 4. The monoisotopic (exact) mass is 377 g/mol. The van der Waals surface area contributed by atoms with Crippen molar-refractivity contribution < 1.29 is 13.2 Å². The van der Waals surface area contributed by atoms with Crippen molar-refractivity contribution in [2.45, 2.75) is 38.1 Å². The molecule has 24 heavy (non-hydrogen) atoms. The number of benzene rings is 1. The van der Waals surface area contributed by atoms with Gasteiger partial charge in [-0.3, -0.25) is 4.79 Å². The van der Waals surface area contributed by atoms with Crippen LogP contribution in [0.3, 0.4) is 0 Å². The minimum atomic E-state index is -3.72. The number of carbonyl (C=O) groups excluding carboxylic acids is 1. The predicted octanol–water partition coefficient (Wildman–Crippen LogP) is 1.45. The molecule has 1 rings (SSSR count). The molecule has 0 aliphatic rings. The minimum absolute atomic E-state index is 0. The second-order valence-corrected chi connectivity index (χ2v) is 7.73. The van der Waals surface area contributed by atoms with Gasteiger partial charge in [0, 0.05) is 13.1 Å². The van der Waals surface area contributed by atoms with Gasteiger partial charge in [0.1, 0.15) is 6.04 Å². The van der Waals surface area contributed by atoms with Gasteiger partial charge in [-0.1, -0.05) is 31.5 Å². The summed E-state index contributed by atoms with van der Waals surface area (Å²) in [6.07, 6.45) is 0.441. The van der Waals surface area contributed by atoms with Crippen LogP contribution in [-0.4, -0.2) is 40.5 Å². The van der Waals surface area contributed by atoms with E-state index in [1.54, 1.807) is 31.3 Å². The molecule has 3 N–H and O–H groups in total. The minimum Gasteiger partial charge on any atom is -0.353 e. The molecule has 6 nitrogen and oxygen atoms in total. The van der Waals surface area contributed by atoms with E-state index in [0.717, 1.165) is 5.56 Å². The van der Waals surface area contributed by atoms with Crippen LogP contribution < -0.4 is 15.4 Å². The lowest BCUT2D eigenvalue weighted by atomic mass is 10.0. The third-order valence-corrected chi connectivity index (χ3v) is 4.81. The number of hydrogen-bond donors (Lipinski definition) is 3. The molecule has 0 aliphatic heterocycles. The molecule has 0 fully saturated rings. The number of nitrogens with one attached hydrogen (secondary N) is 3. The van der Waals surface area contributed by atoms with Gasteiger partial charge in [-0.05, 0) is 38.4 Å². The van der Waals surface area contributed by atoms with Crippen LogP contribution in [0.5, 0.6) is 0 Å². The zero-order valence-corrected chi connectivity index (χ0v) is 16.3. The van der Waals surface area contributed by atoms with Crippen molar-refractivity contribution in [1.29, 1.82) is 0 Å². The summed E-state index contributed by atoms with van der Waals surface area (Å²) in [6.45, 7) is 6.88. The molecule has 1 unspecified atom stereocenters. The number of likely N-dealkylation sites (N-methyl/N-ethyl adjacent to an activating group) is 1. The van der Waals surface area contributed by atoms with Gasteiger partial charge in [-0.15, -0.1) is 12.4 Å². The summed E-state index contributed by atoms with van der Waals surface area (Å²) in [6, 6.07) is 5.78. The van der Waals surface area contributed by atoms with E-state index in [1.807, 2.05) is 20.8 Å². The number of sulfonamides is 1. The highest BCUT2D eigenvalue weighted by atomic mass is 35.5. The molecule has 0 saturated heterocycles. The third kappa shape index (κ3) is 7.61. The molecule has 0 spiro atoms. The smallest absolute Gasteiger partial charge is 0.241 e. The maximum atomic E-state index is 12.5. The predicted molar refractivity (Wildman–Crippen MR) is 98.9 cm³/mol. The Morgan fingerprint density at radius 1 is 1.12 bits per heavy atom. The number of amides is 1. The second kappa shape index (κ2) is 10.7. The fraction of sp³-hybridized carbons (Fsp3) is 0.562. The first kappa shape index (κ1) is 22.9. The number of rotatable bonds is 9. The lowest BCUT2D eigenvalue weighted by Gasteiger charge is -2.20. The summed E-state index contributed by atoms with van der Waals surface area (Å²) in [7, 11) is -1.93. The van der Waals surface area contributed by atoms with Crippen molar-refractivity contribution in [2.24, 2.45) is 5.92 Å². The van der Waals surface area contributed by atoms with E-state index in [-0.39, 0.29) is 29.1 Å². The van der Waals surface area contributed by atoms with E-state index in [2.05, 4.69) is 15.4 Å². The fourth-order valence-electron chi connectivity index (χ4n) is 2.09. The molecule has 1 atom stereocenters.